The van der Waals surface area contributed by atoms with E-state index in [0.29, 0.717) is 22.7 Å². The van der Waals surface area contributed by atoms with Gasteiger partial charge >= 0.3 is 0 Å². The number of hydrogen-bond acceptors (Lipinski definition) is 6. The van der Waals surface area contributed by atoms with Gasteiger partial charge in [0.25, 0.3) is 0 Å². The smallest absolute Gasteiger partial charge is 0.223 e. The lowest BCUT2D eigenvalue weighted by molar-refractivity contribution is -0.117. The number of rotatable bonds is 3. The summed E-state index contributed by atoms with van der Waals surface area (Å²) in [6.45, 7) is 0. The van der Waals surface area contributed by atoms with Crippen LogP contribution in [0.3, 0.4) is 0 Å². The Morgan fingerprint density at radius 3 is 2.71 bits per heavy atom. The summed E-state index contributed by atoms with van der Waals surface area (Å²) in [5, 5.41) is 7.82. The maximum atomic E-state index is 11.0. The third-order valence-corrected chi connectivity index (χ3v) is 3.04. The van der Waals surface area contributed by atoms with E-state index in [1.165, 1.54) is 0 Å². The van der Waals surface area contributed by atoms with Crippen molar-refractivity contribution in [1.82, 2.24) is 20.2 Å². The zero-order valence-corrected chi connectivity index (χ0v) is 11.0. The summed E-state index contributed by atoms with van der Waals surface area (Å²) in [5.41, 5.74) is 19.3. The number of fused-ring (bicyclic) bond motifs is 1. The molecule has 0 aliphatic carbocycles. The second-order valence-electron chi connectivity index (χ2n) is 4.61. The van der Waals surface area contributed by atoms with Gasteiger partial charge in [-0.2, -0.15) is 10.1 Å². The molecule has 0 saturated carbocycles. The van der Waals surface area contributed by atoms with Crippen molar-refractivity contribution in [3.8, 4) is 11.3 Å². The lowest BCUT2D eigenvalue weighted by atomic mass is 10.1. The van der Waals surface area contributed by atoms with Crippen LogP contribution in [-0.2, 0) is 11.2 Å². The van der Waals surface area contributed by atoms with Crippen molar-refractivity contribution in [2.24, 2.45) is 5.73 Å². The van der Waals surface area contributed by atoms with Gasteiger partial charge in [-0.1, -0.05) is 12.1 Å². The summed E-state index contributed by atoms with van der Waals surface area (Å²) < 4.78 is 0. The normalized spacial score (nSPS) is 10.9. The number of hydrogen-bond donors (Lipinski definition) is 4. The van der Waals surface area contributed by atoms with Gasteiger partial charge in [-0.15, -0.1) is 0 Å². The molecule has 8 nitrogen and oxygen atoms in total. The van der Waals surface area contributed by atoms with E-state index >= 15 is 0 Å². The number of amides is 1. The van der Waals surface area contributed by atoms with Crippen LogP contribution in [0.15, 0.2) is 24.3 Å². The Bertz CT molecular complexity index is 819. The first-order valence-electron chi connectivity index (χ1n) is 6.18. The number of nitrogens with two attached hydrogens (primary N) is 3. The lowest BCUT2D eigenvalue weighted by Gasteiger charge is -2.03. The highest BCUT2D eigenvalue weighted by Gasteiger charge is 2.10. The quantitative estimate of drug-likeness (QED) is 0.539. The highest BCUT2D eigenvalue weighted by atomic mass is 16.1. The minimum atomic E-state index is -0.416. The van der Waals surface area contributed by atoms with Crippen LogP contribution in [0.5, 0.6) is 0 Å². The van der Waals surface area contributed by atoms with Crippen LogP contribution in [0.25, 0.3) is 22.2 Å². The molecule has 1 aromatic carbocycles. The minimum Gasteiger partial charge on any atom is -0.384 e. The van der Waals surface area contributed by atoms with E-state index in [-0.39, 0.29) is 12.4 Å². The summed E-state index contributed by atoms with van der Waals surface area (Å²) in [6.07, 6.45) is 0.114. The van der Waals surface area contributed by atoms with Crippen LogP contribution in [0.1, 0.15) is 5.69 Å². The fourth-order valence-electron chi connectivity index (χ4n) is 2.17. The molecule has 0 fully saturated rings. The average Bonchev–Trinajstić information content (AvgIpc) is 2.79. The van der Waals surface area contributed by atoms with Crippen LogP contribution >= 0.6 is 0 Å². The lowest BCUT2D eigenvalue weighted by Crippen LogP contribution is -2.13. The number of nitrogens with zero attached hydrogens (tertiary/aromatic N) is 3. The number of benzene rings is 1. The molecular formula is C13H13N7O. The highest BCUT2D eigenvalue weighted by molar-refractivity contribution is 5.89. The number of aromatic amines is 1. The average molecular weight is 283 g/mol. The molecule has 3 rings (SSSR count). The molecule has 0 aliphatic heterocycles. The van der Waals surface area contributed by atoms with Crippen LogP contribution < -0.4 is 17.2 Å². The maximum absolute atomic E-state index is 11.0. The number of aromatic nitrogens is 4. The third-order valence-electron chi connectivity index (χ3n) is 3.04. The van der Waals surface area contributed by atoms with E-state index in [1.807, 2.05) is 18.2 Å². The van der Waals surface area contributed by atoms with Crippen molar-refractivity contribution in [3.05, 3.63) is 30.0 Å². The number of nitrogens with one attached hydrogen (secondary N) is 1. The number of carbonyl (C=O) groups is 1. The number of nitrogen functional groups attached to an aromatic ring is 2. The Morgan fingerprint density at radius 2 is 2.00 bits per heavy atom. The van der Waals surface area contributed by atoms with Gasteiger partial charge in [-0.3, -0.25) is 9.89 Å². The van der Waals surface area contributed by atoms with Gasteiger partial charge in [0.15, 0.2) is 0 Å². The summed E-state index contributed by atoms with van der Waals surface area (Å²) >= 11 is 0. The number of carbonyl (C=O) groups excluding carboxylic acids is 1. The first-order chi connectivity index (χ1) is 10.0. The van der Waals surface area contributed by atoms with E-state index in [9.17, 15) is 4.79 Å². The predicted octanol–water partition coefficient (Wildman–Crippen LogP) is 0.212. The second kappa shape index (κ2) is 4.75. The van der Waals surface area contributed by atoms with Gasteiger partial charge in [0.1, 0.15) is 5.82 Å². The molecule has 1 amide bonds. The van der Waals surface area contributed by atoms with Crippen molar-refractivity contribution in [3.63, 3.8) is 0 Å². The molecule has 0 bridgehead atoms. The first-order valence-corrected chi connectivity index (χ1v) is 6.18. The Labute approximate surface area is 119 Å². The minimum absolute atomic E-state index is 0.113. The van der Waals surface area contributed by atoms with Crippen molar-refractivity contribution in [2.45, 2.75) is 6.42 Å². The molecule has 3 aromatic rings. The highest BCUT2D eigenvalue weighted by Crippen LogP contribution is 2.25. The summed E-state index contributed by atoms with van der Waals surface area (Å²) in [6, 6.07) is 7.16. The van der Waals surface area contributed by atoms with Crippen LogP contribution in [-0.4, -0.2) is 26.1 Å². The van der Waals surface area contributed by atoms with E-state index in [4.69, 9.17) is 17.2 Å². The fourth-order valence-corrected chi connectivity index (χ4v) is 2.17. The number of anilines is 2. The largest absolute Gasteiger partial charge is 0.384 e. The molecule has 0 aliphatic rings. The molecule has 2 heterocycles. The summed E-state index contributed by atoms with van der Waals surface area (Å²) in [7, 11) is 0. The third kappa shape index (κ3) is 2.46. The zero-order chi connectivity index (χ0) is 15.0. The molecule has 0 atom stereocenters. The second-order valence-corrected chi connectivity index (χ2v) is 4.61. The molecule has 0 saturated heterocycles. The van der Waals surface area contributed by atoms with E-state index in [1.54, 1.807) is 6.07 Å². The Kier molecular flexibility index (Phi) is 2.90. The molecule has 21 heavy (non-hydrogen) atoms. The monoisotopic (exact) mass is 283 g/mol. The Morgan fingerprint density at radius 1 is 1.19 bits per heavy atom. The van der Waals surface area contributed by atoms with Gasteiger partial charge < -0.3 is 17.2 Å². The molecule has 0 unspecified atom stereocenters. The van der Waals surface area contributed by atoms with Crippen LogP contribution in [0, 0.1) is 0 Å². The topological polar surface area (TPSA) is 150 Å². The van der Waals surface area contributed by atoms with E-state index < -0.39 is 5.91 Å². The number of H-pyrrole nitrogens is 1. The van der Waals surface area contributed by atoms with Gasteiger partial charge in [0.05, 0.1) is 23.3 Å². The Balaban J connectivity index is 2.07. The predicted molar refractivity (Wildman–Crippen MR) is 78.8 cm³/mol. The van der Waals surface area contributed by atoms with Crippen molar-refractivity contribution < 1.29 is 4.79 Å². The van der Waals surface area contributed by atoms with Crippen molar-refractivity contribution in [2.75, 3.05) is 11.5 Å². The van der Waals surface area contributed by atoms with Crippen LogP contribution in [0.4, 0.5) is 11.8 Å². The standard InChI is InChI=1S/C13H13N7O/c14-11-4-8(17-13(16)18-11)6-1-2-7-9(3-6)19-20-10(7)5-12(15)21/h1-4H,5H2,(H2,15,21)(H,19,20)(H4,14,16,17,18). The van der Waals surface area contributed by atoms with Crippen molar-refractivity contribution in [1.29, 1.82) is 0 Å². The molecule has 7 N–H and O–H groups in total. The molecule has 106 valence electrons. The molecular weight excluding hydrogens is 270 g/mol. The maximum Gasteiger partial charge on any atom is 0.223 e. The van der Waals surface area contributed by atoms with Gasteiger partial charge in [0.2, 0.25) is 11.9 Å². The van der Waals surface area contributed by atoms with E-state index in [2.05, 4.69) is 20.2 Å². The first kappa shape index (κ1) is 12.9. The Hall–Kier alpha value is -3.16. The summed E-state index contributed by atoms with van der Waals surface area (Å²) in [5.74, 6) is -0.00319. The zero-order valence-electron chi connectivity index (χ0n) is 11.0. The molecule has 2 aromatic heterocycles. The number of primary amides is 1. The van der Waals surface area contributed by atoms with E-state index in [0.717, 1.165) is 10.9 Å². The van der Waals surface area contributed by atoms with Gasteiger partial charge in [-0.05, 0) is 6.07 Å². The summed E-state index contributed by atoms with van der Waals surface area (Å²) in [4.78, 5) is 19.0. The van der Waals surface area contributed by atoms with Gasteiger partial charge in [-0.25, -0.2) is 4.98 Å². The molecule has 0 spiro atoms. The van der Waals surface area contributed by atoms with Crippen LogP contribution in [0.2, 0.25) is 0 Å². The molecule has 8 heteroatoms. The fraction of sp³-hybridized carbons (Fsp3) is 0.0769. The van der Waals surface area contributed by atoms with Gasteiger partial charge in [0, 0.05) is 17.0 Å². The SMILES string of the molecule is NC(=O)Cc1[nH]nc2cc(-c3cc(N)nc(N)n3)ccc12. The molecule has 0 radical (unpaired) electrons. The van der Waals surface area contributed by atoms with Crippen molar-refractivity contribution >= 4 is 28.6 Å².